The van der Waals surface area contributed by atoms with Gasteiger partial charge < -0.3 is 22.4 Å². The largest absolute Gasteiger partial charge is 2.00 e. The van der Waals surface area contributed by atoms with E-state index < -0.39 is 0 Å². The summed E-state index contributed by atoms with van der Waals surface area (Å²) in [4.78, 5) is 0. The Balaban J connectivity index is -0.000000213. The van der Waals surface area contributed by atoms with E-state index in [-0.39, 0.29) is 44.1 Å². The average Bonchev–Trinajstić information content (AvgIpc) is 1.77. The van der Waals surface area contributed by atoms with Gasteiger partial charge in [-0.1, -0.05) is 12.8 Å². The molecule has 5 heteroatoms. The second kappa shape index (κ2) is 8.62. The van der Waals surface area contributed by atoms with Gasteiger partial charge in [0, 0.05) is 12.1 Å². The molecule has 0 radical (unpaired) electrons. The van der Waals surface area contributed by atoms with E-state index in [4.69, 9.17) is 11.5 Å². The summed E-state index contributed by atoms with van der Waals surface area (Å²) in [6, 6.07) is 0.562. The summed E-state index contributed by atoms with van der Waals surface area (Å²) < 4.78 is 0. The minimum Gasteiger partial charge on any atom is -0.412 e. The molecule has 1 fully saturated rings. The molecule has 0 amide bonds. The van der Waals surface area contributed by atoms with Crippen LogP contribution in [0.4, 0.5) is 0 Å². The molecule has 0 aromatic heterocycles. The van der Waals surface area contributed by atoms with Gasteiger partial charge in [-0.05, 0) is 12.8 Å². The molecule has 72 valence electrons. The van der Waals surface area contributed by atoms with Gasteiger partial charge in [0.1, 0.15) is 0 Å². The number of hydrogen-bond acceptors (Lipinski definition) is 2. The zero-order valence-electron chi connectivity index (χ0n) is 6.45. The van der Waals surface area contributed by atoms with Crippen LogP contribution in [-0.4, -0.2) is 23.0 Å². The van der Waals surface area contributed by atoms with Crippen LogP contribution in [-0.2, 0) is 21.1 Å². The van der Waals surface area contributed by atoms with E-state index in [0.717, 1.165) is 12.8 Å². The van der Waals surface area contributed by atoms with Gasteiger partial charge >= 0.3 is 21.1 Å². The third kappa shape index (κ3) is 5.76. The molecular formula is C6H18N2O2Pt+2. The molecule has 0 spiro atoms. The van der Waals surface area contributed by atoms with Crippen LogP contribution in [0.2, 0.25) is 0 Å². The summed E-state index contributed by atoms with van der Waals surface area (Å²) in [5, 5.41) is 0. The van der Waals surface area contributed by atoms with E-state index >= 15 is 0 Å². The second-order valence-corrected chi connectivity index (χ2v) is 2.61. The molecule has 1 saturated carbocycles. The van der Waals surface area contributed by atoms with Crippen LogP contribution in [0.1, 0.15) is 25.7 Å². The maximum absolute atomic E-state index is 5.65. The van der Waals surface area contributed by atoms with Crippen molar-refractivity contribution in [3.63, 3.8) is 0 Å². The normalized spacial score (nSPS) is 28.9. The fraction of sp³-hybridized carbons (Fsp3) is 1.00. The molecule has 0 aromatic carbocycles. The van der Waals surface area contributed by atoms with Gasteiger partial charge in [-0.15, -0.1) is 0 Å². The molecule has 1 rings (SSSR count). The minimum atomic E-state index is 0. The minimum absolute atomic E-state index is 0. The van der Waals surface area contributed by atoms with Crippen molar-refractivity contribution in [2.45, 2.75) is 37.8 Å². The fourth-order valence-electron chi connectivity index (χ4n) is 1.19. The van der Waals surface area contributed by atoms with Crippen LogP contribution >= 0.6 is 0 Å². The Morgan fingerprint density at radius 3 is 1.27 bits per heavy atom. The van der Waals surface area contributed by atoms with Gasteiger partial charge in [0.2, 0.25) is 0 Å². The molecule has 0 saturated heterocycles. The Morgan fingerprint density at radius 1 is 0.818 bits per heavy atom. The van der Waals surface area contributed by atoms with Gasteiger partial charge in [-0.3, -0.25) is 0 Å². The van der Waals surface area contributed by atoms with E-state index in [9.17, 15) is 0 Å². The molecule has 0 heterocycles. The summed E-state index contributed by atoms with van der Waals surface area (Å²) in [6.07, 6.45) is 4.80. The van der Waals surface area contributed by atoms with Gasteiger partial charge in [0.05, 0.1) is 0 Å². The topological polar surface area (TPSA) is 115 Å². The van der Waals surface area contributed by atoms with Gasteiger partial charge in [-0.25, -0.2) is 0 Å². The molecule has 0 bridgehead atoms. The average molecular weight is 345 g/mol. The van der Waals surface area contributed by atoms with Crippen molar-refractivity contribution in [3.05, 3.63) is 0 Å². The summed E-state index contributed by atoms with van der Waals surface area (Å²) in [7, 11) is 0. The predicted molar refractivity (Wildman–Crippen MR) is 41.6 cm³/mol. The molecule has 2 atom stereocenters. The third-order valence-corrected chi connectivity index (χ3v) is 1.87. The Labute approximate surface area is 81.6 Å². The predicted octanol–water partition coefficient (Wildman–Crippen LogP) is -1.44. The van der Waals surface area contributed by atoms with Crippen LogP contribution < -0.4 is 11.5 Å². The molecule has 2 unspecified atom stereocenters. The third-order valence-electron chi connectivity index (χ3n) is 1.87. The van der Waals surface area contributed by atoms with Crippen molar-refractivity contribution in [2.75, 3.05) is 0 Å². The van der Waals surface area contributed by atoms with Gasteiger partial charge in [0.25, 0.3) is 0 Å². The molecule has 1 aliphatic carbocycles. The van der Waals surface area contributed by atoms with E-state index in [1.165, 1.54) is 12.8 Å². The zero-order valence-corrected chi connectivity index (χ0v) is 8.73. The van der Waals surface area contributed by atoms with E-state index in [0.29, 0.717) is 0 Å². The molecule has 1 aliphatic rings. The first-order valence-corrected chi connectivity index (χ1v) is 3.32. The van der Waals surface area contributed by atoms with Crippen LogP contribution in [0, 0.1) is 0 Å². The molecule has 8 N–H and O–H groups in total. The quantitative estimate of drug-likeness (QED) is 0.560. The van der Waals surface area contributed by atoms with E-state index in [1.54, 1.807) is 0 Å². The monoisotopic (exact) mass is 345 g/mol. The molecule has 4 nitrogen and oxygen atoms in total. The van der Waals surface area contributed by atoms with Crippen molar-refractivity contribution in [1.29, 1.82) is 0 Å². The zero-order chi connectivity index (χ0) is 5.98. The van der Waals surface area contributed by atoms with Crippen molar-refractivity contribution >= 4 is 0 Å². The van der Waals surface area contributed by atoms with E-state index in [1.807, 2.05) is 0 Å². The summed E-state index contributed by atoms with van der Waals surface area (Å²) in [6.45, 7) is 0. The summed E-state index contributed by atoms with van der Waals surface area (Å²) in [5.74, 6) is 0. The van der Waals surface area contributed by atoms with Crippen LogP contribution in [0.3, 0.4) is 0 Å². The Hall–Kier alpha value is 0.528. The van der Waals surface area contributed by atoms with Crippen LogP contribution in [0.5, 0.6) is 0 Å². The van der Waals surface area contributed by atoms with Crippen LogP contribution in [0.15, 0.2) is 0 Å². The molecule has 0 aromatic rings. The first-order chi connectivity index (χ1) is 3.80. The SMILES string of the molecule is NC1CCCCC1N.O.O.[Pt+2]. The molecular weight excluding hydrogens is 327 g/mol. The smallest absolute Gasteiger partial charge is 0.412 e. The van der Waals surface area contributed by atoms with Crippen molar-refractivity contribution in [3.8, 4) is 0 Å². The maximum Gasteiger partial charge on any atom is 2.00 e. The first-order valence-electron chi connectivity index (χ1n) is 3.32. The van der Waals surface area contributed by atoms with Gasteiger partial charge in [0.15, 0.2) is 0 Å². The second-order valence-electron chi connectivity index (χ2n) is 2.61. The summed E-state index contributed by atoms with van der Waals surface area (Å²) in [5.41, 5.74) is 11.3. The number of rotatable bonds is 0. The van der Waals surface area contributed by atoms with Crippen molar-refractivity contribution in [2.24, 2.45) is 11.5 Å². The number of hydrogen-bond donors (Lipinski definition) is 2. The fourth-order valence-corrected chi connectivity index (χ4v) is 1.19. The first kappa shape index (κ1) is 17.6. The van der Waals surface area contributed by atoms with Crippen molar-refractivity contribution < 1.29 is 32.0 Å². The standard InChI is InChI=1S/C6H14N2.2H2O.Pt/c7-5-3-1-2-4-6(5)8;;;/h5-6H,1-4,7-8H2;2*1H2;/q;;;+2. The van der Waals surface area contributed by atoms with Gasteiger partial charge in [-0.2, -0.15) is 0 Å². The Bertz CT molecular complexity index is 75.0. The Morgan fingerprint density at radius 2 is 1.09 bits per heavy atom. The van der Waals surface area contributed by atoms with Crippen molar-refractivity contribution in [1.82, 2.24) is 0 Å². The molecule has 11 heavy (non-hydrogen) atoms. The Kier molecular flexibility index (Phi) is 13.8. The number of nitrogens with two attached hydrogens (primary N) is 2. The van der Waals surface area contributed by atoms with E-state index in [2.05, 4.69) is 0 Å². The molecule has 0 aliphatic heterocycles. The van der Waals surface area contributed by atoms with Crippen LogP contribution in [0.25, 0.3) is 0 Å². The summed E-state index contributed by atoms with van der Waals surface area (Å²) >= 11 is 0. The maximum atomic E-state index is 5.65.